The summed E-state index contributed by atoms with van der Waals surface area (Å²) in [5.41, 5.74) is 5.31. The smallest absolute Gasteiger partial charge is 0.219 e. The van der Waals surface area contributed by atoms with Gasteiger partial charge in [0.25, 0.3) is 0 Å². The predicted molar refractivity (Wildman–Crippen MR) is 58.4 cm³/mol. The quantitative estimate of drug-likeness (QED) is 0.461. The van der Waals surface area contributed by atoms with Crippen molar-refractivity contribution in [1.82, 2.24) is 5.32 Å². The maximum absolute atomic E-state index is 11.2. The molecule has 15 heavy (non-hydrogen) atoms. The predicted octanol–water partition coefficient (Wildman–Crippen LogP) is -0.371. The largest absolute Gasteiger partial charge is 0.391 e. The highest BCUT2D eigenvalue weighted by atomic mass is 16.5. The molecular weight excluding hydrogens is 196 g/mol. The maximum atomic E-state index is 11.2. The number of hydrogen-bond donors (Lipinski definition) is 3. The summed E-state index contributed by atoms with van der Waals surface area (Å²) in [7, 11) is 1.54. The fourth-order valence-electron chi connectivity index (χ4n) is 1.17. The zero-order valence-electron chi connectivity index (χ0n) is 9.37. The van der Waals surface area contributed by atoms with Gasteiger partial charge in [0, 0.05) is 20.1 Å². The molecule has 5 nitrogen and oxygen atoms in total. The van der Waals surface area contributed by atoms with Gasteiger partial charge >= 0.3 is 0 Å². The Morgan fingerprint density at radius 2 is 2.27 bits per heavy atom. The molecule has 1 amide bonds. The van der Waals surface area contributed by atoms with E-state index in [1.807, 2.05) is 0 Å². The molecule has 0 spiro atoms. The lowest BCUT2D eigenvalue weighted by atomic mass is 10.2. The fourth-order valence-corrected chi connectivity index (χ4v) is 1.17. The van der Waals surface area contributed by atoms with Crippen LogP contribution in [-0.4, -0.2) is 43.9 Å². The number of aliphatic hydroxyl groups is 1. The first-order valence-corrected chi connectivity index (χ1v) is 5.34. The van der Waals surface area contributed by atoms with Gasteiger partial charge in [-0.15, -0.1) is 0 Å². The molecule has 0 aromatic rings. The van der Waals surface area contributed by atoms with E-state index in [9.17, 15) is 9.90 Å². The number of hydrogen-bond acceptors (Lipinski definition) is 4. The van der Waals surface area contributed by atoms with Crippen LogP contribution in [0.15, 0.2) is 0 Å². The zero-order chi connectivity index (χ0) is 11.5. The van der Waals surface area contributed by atoms with Crippen molar-refractivity contribution in [2.75, 3.05) is 26.8 Å². The van der Waals surface area contributed by atoms with E-state index < -0.39 is 6.10 Å². The Labute approximate surface area is 91.0 Å². The summed E-state index contributed by atoms with van der Waals surface area (Å²) in [6.07, 6.45) is 2.23. The van der Waals surface area contributed by atoms with Gasteiger partial charge in [-0.25, -0.2) is 0 Å². The van der Waals surface area contributed by atoms with Crippen LogP contribution in [0.1, 0.15) is 25.7 Å². The highest BCUT2D eigenvalue weighted by molar-refractivity contribution is 5.75. The third kappa shape index (κ3) is 9.65. The molecule has 1 atom stereocenters. The molecule has 0 aliphatic heterocycles. The van der Waals surface area contributed by atoms with Crippen LogP contribution < -0.4 is 11.1 Å². The number of carbonyl (C=O) groups is 1. The van der Waals surface area contributed by atoms with Crippen molar-refractivity contribution in [1.29, 1.82) is 0 Å². The molecule has 0 bridgehead atoms. The molecule has 0 saturated heterocycles. The first kappa shape index (κ1) is 14.3. The summed E-state index contributed by atoms with van der Waals surface area (Å²) in [5.74, 6) is 0.0214. The molecule has 0 rings (SSSR count). The lowest BCUT2D eigenvalue weighted by Gasteiger charge is -2.09. The SMILES string of the molecule is COCC(O)CCNC(=O)CCCCN. The highest BCUT2D eigenvalue weighted by Crippen LogP contribution is 1.94. The van der Waals surface area contributed by atoms with Crippen molar-refractivity contribution in [3.8, 4) is 0 Å². The molecule has 0 fully saturated rings. The molecular formula is C10H22N2O3. The average Bonchev–Trinajstić information content (AvgIpc) is 2.18. The van der Waals surface area contributed by atoms with Gasteiger partial charge in [0.2, 0.25) is 5.91 Å². The molecule has 4 N–H and O–H groups in total. The fraction of sp³-hybridized carbons (Fsp3) is 0.900. The maximum Gasteiger partial charge on any atom is 0.219 e. The van der Waals surface area contributed by atoms with Crippen molar-refractivity contribution in [3.63, 3.8) is 0 Å². The van der Waals surface area contributed by atoms with Gasteiger partial charge in [-0.05, 0) is 25.8 Å². The second kappa shape index (κ2) is 9.89. The third-order valence-corrected chi connectivity index (χ3v) is 2.02. The van der Waals surface area contributed by atoms with Crippen molar-refractivity contribution >= 4 is 5.91 Å². The number of nitrogens with one attached hydrogen (secondary N) is 1. The molecule has 0 aliphatic rings. The molecule has 90 valence electrons. The van der Waals surface area contributed by atoms with Crippen LogP contribution in [0.5, 0.6) is 0 Å². The topological polar surface area (TPSA) is 84.6 Å². The monoisotopic (exact) mass is 218 g/mol. The van der Waals surface area contributed by atoms with E-state index in [-0.39, 0.29) is 5.91 Å². The van der Waals surface area contributed by atoms with Crippen molar-refractivity contribution in [3.05, 3.63) is 0 Å². The Bertz CT molecular complexity index is 165. The molecule has 1 unspecified atom stereocenters. The van der Waals surface area contributed by atoms with Crippen molar-refractivity contribution in [2.24, 2.45) is 5.73 Å². The molecule has 0 saturated carbocycles. The Kier molecular flexibility index (Phi) is 9.46. The van der Waals surface area contributed by atoms with Crippen molar-refractivity contribution < 1.29 is 14.6 Å². The minimum atomic E-state index is -0.501. The van der Waals surface area contributed by atoms with E-state index in [0.717, 1.165) is 12.8 Å². The summed E-state index contributed by atoms with van der Waals surface area (Å²) < 4.78 is 4.76. The van der Waals surface area contributed by atoms with Crippen LogP contribution in [0.2, 0.25) is 0 Å². The van der Waals surface area contributed by atoms with Crippen LogP contribution in [-0.2, 0) is 9.53 Å². The van der Waals surface area contributed by atoms with Crippen LogP contribution in [0.4, 0.5) is 0 Å². The number of carbonyl (C=O) groups excluding carboxylic acids is 1. The minimum absolute atomic E-state index is 0.0214. The van der Waals surface area contributed by atoms with Gasteiger partial charge < -0.3 is 20.9 Å². The Hall–Kier alpha value is -0.650. The minimum Gasteiger partial charge on any atom is -0.391 e. The van der Waals surface area contributed by atoms with Gasteiger partial charge in [-0.1, -0.05) is 0 Å². The number of ether oxygens (including phenoxy) is 1. The number of nitrogens with two attached hydrogens (primary N) is 1. The van der Waals surface area contributed by atoms with Crippen LogP contribution in [0, 0.1) is 0 Å². The number of methoxy groups -OCH3 is 1. The summed E-state index contributed by atoms with van der Waals surface area (Å²) in [4.78, 5) is 11.2. The summed E-state index contributed by atoms with van der Waals surface area (Å²) in [6, 6.07) is 0. The van der Waals surface area contributed by atoms with Crippen LogP contribution >= 0.6 is 0 Å². The number of amides is 1. The molecule has 0 aromatic carbocycles. The van der Waals surface area contributed by atoms with Crippen molar-refractivity contribution in [2.45, 2.75) is 31.8 Å². The molecule has 0 aromatic heterocycles. The second-order valence-electron chi connectivity index (χ2n) is 3.49. The second-order valence-corrected chi connectivity index (χ2v) is 3.49. The number of unbranched alkanes of at least 4 members (excludes halogenated alkanes) is 1. The Balaban J connectivity index is 3.30. The van der Waals surface area contributed by atoms with E-state index in [1.165, 1.54) is 7.11 Å². The Morgan fingerprint density at radius 1 is 1.53 bits per heavy atom. The van der Waals surface area contributed by atoms with E-state index in [1.54, 1.807) is 0 Å². The average molecular weight is 218 g/mol. The normalized spacial score (nSPS) is 12.5. The summed E-state index contributed by atoms with van der Waals surface area (Å²) in [5, 5.41) is 12.0. The molecule has 0 radical (unpaired) electrons. The summed E-state index contributed by atoms with van der Waals surface area (Å²) >= 11 is 0. The van der Waals surface area contributed by atoms with Gasteiger partial charge in [0.1, 0.15) is 0 Å². The first-order chi connectivity index (χ1) is 7.20. The van der Waals surface area contributed by atoms with E-state index >= 15 is 0 Å². The van der Waals surface area contributed by atoms with Crippen LogP contribution in [0.25, 0.3) is 0 Å². The van der Waals surface area contributed by atoms with E-state index in [2.05, 4.69) is 5.32 Å². The highest BCUT2D eigenvalue weighted by Gasteiger charge is 2.04. The Morgan fingerprint density at radius 3 is 2.87 bits per heavy atom. The van der Waals surface area contributed by atoms with Gasteiger partial charge in [-0.3, -0.25) is 4.79 Å². The standard InChI is InChI=1S/C10H22N2O3/c1-15-8-9(13)5-7-12-10(14)4-2-3-6-11/h9,13H,2-8,11H2,1H3,(H,12,14). The lowest BCUT2D eigenvalue weighted by molar-refractivity contribution is -0.121. The summed E-state index contributed by atoms with van der Waals surface area (Å²) in [6.45, 7) is 1.43. The third-order valence-electron chi connectivity index (χ3n) is 2.02. The lowest BCUT2D eigenvalue weighted by Crippen LogP contribution is -2.28. The molecule has 5 heteroatoms. The van der Waals surface area contributed by atoms with Gasteiger partial charge in [0.15, 0.2) is 0 Å². The van der Waals surface area contributed by atoms with E-state index in [0.29, 0.717) is 32.5 Å². The van der Waals surface area contributed by atoms with Gasteiger partial charge in [0.05, 0.1) is 12.7 Å². The molecule has 0 heterocycles. The number of rotatable bonds is 9. The van der Waals surface area contributed by atoms with Gasteiger partial charge in [-0.2, -0.15) is 0 Å². The van der Waals surface area contributed by atoms with E-state index in [4.69, 9.17) is 10.5 Å². The first-order valence-electron chi connectivity index (χ1n) is 5.34. The van der Waals surface area contributed by atoms with Crippen LogP contribution in [0.3, 0.4) is 0 Å². The molecule has 0 aliphatic carbocycles. The zero-order valence-corrected chi connectivity index (χ0v) is 9.37. The number of aliphatic hydroxyl groups excluding tert-OH is 1.